The average Bonchev–Trinajstić information content (AvgIpc) is 2.25. The van der Waals surface area contributed by atoms with Gasteiger partial charge in [-0.15, -0.1) is 0 Å². The molecule has 1 heterocycles. The van der Waals surface area contributed by atoms with Crippen molar-refractivity contribution in [3.8, 4) is 0 Å². The maximum absolute atomic E-state index is 9.59. The number of hydrogen-bond donors (Lipinski definition) is 5. The smallest absolute Gasteiger partial charge is 0.110 e. The van der Waals surface area contributed by atoms with Crippen LogP contribution in [-0.4, -0.2) is 64.1 Å². The van der Waals surface area contributed by atoms with Gasteiger partial charge in [0.2, 0.25) is 0 Å². The van der Waals surface area contributed by atoms with Crippen LogP contribution in [0.4, 0.5) is 0 Å². The van der Waals surface area contributed by atoms with Crippen LogP contribution in [0.3, 0.4) is 0 Å². The van der Waals surface area contributed by atoms with E-state index in [9.17, 15) is 10.2 Å². The predicted molar refractivity (Wildman–Crippen MR) is 52.1 cm³/mol. The summed E-state index contributed by atoms with van der Waals surface area (Å²) in [4.78, 5) is 0. The Balaban J connectivity index is 2.57. The fourth-order valence-corrected chi connectivity index (χ4v) is 1.77. The fourth-order valence-electron chi connectivity index (χ4n) is 1.77. The monoisotopic (exact) mass is 221 g/mol. The molecule has 0 bridgehead atoms. The molecule has 0 aromatic carbocycles. The molecule has 0 radical (unpaired) electrons. The molecule has 5 atom stereocenters. The Kier molecular flexibility index (Phi) is 4.91. The largest absolute Gasteiger partial charge is 0.396 e. The highest BCUT2D eigenvalue weighted by Gasteiger charge is 2.41. The minimum absolute atomic E-state index is 0.0228. The summed E-state index contributed by atoms with van der Waals surface area (Å²) >= 11 is 0. The molecule has 1 fully saturated rings. The number of rotatable bonds is 4. The van der Waals surface area contributed by atoms with Gasteiger partial charge in [-0.25, -0.2) is 0 Å². The van der Waals surface area contributed by atoms with E-state index < -0.39 is 30.5 Å². The fraction of sp³-hybridized carbons (Fsp3) is 1.00. The van der Waals surface area contributed by atoms with E-state index in [0.29, 0.717) is 12.8 Å². The Hall–Kier alpha value is -0.240. The zero-order valence-corrected chi connectivity index (χ0v) is 8.49. The second-order valence-corrected chi connectivity index (χ2v) is 3.82. The Labute approximate surface area is 88.3 Å². The molecule has 6 nitrogen and oxygen atoms in total. The van der Waals surface area contributed by atoms with E-state index in [-0.39, 0.29) is 13.2 Å². The number of hydrogen-bond acceptors (Lipinski definition) is 6. The molecule has 0 aliphatic carbocycles. The van der Waals surface area contributed by atoms with Gasteiger partial charge in [-0.3, -0.25) is 0 Å². The van der Waals surface area contributed by atoms with Gasteiger partial charge in [0.1, 0.15) is 18.3 Å². The van der Waals surface area contributed by atoms with Crippen LogP contribution in [0.25, 0.3) is 0 Å². The first-order valence-corrected chi connectivity index (χ1v) is 5.10. The zero-order chi connectivity index (χ0) is 11.4. The highest BCUT2D eigenvalue weighted by Crippen LogP contribution is 2.22. The molecular weight excluding hydrogens is 202 g/mol. The number of nitrogens with two attached hydrogens (primary N) is 1. The molecule has 6 heteroatoms. The van der Waals surface area contributed by atoms with Crippen LogP contribution < -0.4 is 5.73 Å². The highest BCUT2D eigenvalue weighted by molar-refractivity contribution is 4.94. The topological polar surface area (TPSA) is 116 Å². The van der Waals surface area contributed by atoms with Crippen LogP contribution in [0.1, 0.15) is 12.8 Å². The van der Waals surface area contributed by atoms with Gasteiger partial charge < -0.3 is 30.9 Å². The van der Waals surface area contributed by atoms with Crippen molar-refractivity contribution in [1.29, 1.82) is 0 Å². The Morgan fingerprint density at radius 1 is 1.07 bits per heavy atom. The Morgan fingerprint density at radius 3 is 2.27 bits per heavy atom. The van der Waals surface area contributed by atoms with Gasteiger partial charge in [0.05, 0.1) is 18.8 Å². The Morgan fingerprint density at radius 2 is 1.73 bits per heavy atom. The van der Waals surface area contributed by atoms with E-state index in [2.05, 4.69) is 0 Å². The predicted octanol–water partition coefficient (Wildman–Crippen LogP) is -2.43. The minimum atomic E-state index is -1.16. The molecule has 1 aliphatic heterocycles. The standard InChI is InChI=1S/C9H19NO5/c10-7-5(2-1-3-11)15-6(4-12)8(13)9(7)14/h5-9,11-14H,1-4,10H2/t5-,6?,7?,8-,9?/m0/s1. The lowest BCUT2D eigenvalue weighted by Crippen LogP contribution is -2.61. The van der Waals surface area contributed by atoms with Gasteiger partial charge in [0, 0.05) is 6.61 Å². The lowest BCUT2D eigenvalue weighted by molar-refractivity contribution is -0.190. The molecule has 1 aliphatic rings. The summed E-state index contributed by atoms with van der Waals surface area (Å²) in [5.74, 6) is 0. The number of ether oxygens (including phenoxy) is 1. The molecule has 1 rings (SSSR count). The van der Waals surface area contributed by atoms with Crippen molar-refractivity contribution < 1.29 is 25.2 Å². The van der Waals surface area contributed by atoms with Crippen LogP contribution in [0, 0.1) is 0 Å². The lowest BCUT2D eigenvalue weighted by atomic mass is 9.91. The van der Waals surface area contributed by atoms with E-state index in [1.165, 1.54) is 0 Å². The molecule has 15 heavy (non-hydrogen) atoms. The number of aliphatic hydroxyl groups excluding tert-OH is 4. The third-order valence-corrected chi connectivity index (χ3v) is 2.73. The molecular formula is C9H19NO5. The van der Waals surface area contributed by atoms with Crippen LogP contribution >= 0.6 is 0 Å². The van der Waals surface area contributed by atoms with Crippen LogP contribution in [0.15, 0.2) is 0 Å². The second kappa shape index (κ2) is 5.74. The Bertz CT molecular complexity index is 189. The summed E-state index contributed by atoms with van der Waals surface area (Å²) in [6.07, 6.45) is -2.48. The second-order valence-electron chi connectivity index (χ2n) is 3.82. The van der Waals surface area contributed by atoms with Gasteiger partial charge in [-0.05, 0) is 12.8 Å². The van der Waals surface area contributed by atoms with Crippen molar-refractivity contribution in [2.75, 3.05) is 13.2 Å². The molecule has 3 unspecified atom stereocenters. The van der Waals surface area contributed by atoms with Crippen molar-refractivity contribution in [3.63, 3.8) is 0 Å². The molecule has 90 valence electrons. The third-order valence-electron chi connectivity index (χ3n) is 2.73. The molecule has 0 saturated carbocycles. The van der Waals surface area contributed by atoms with Gasteiger partial charge >= 0.3 is 0 Å². The van der Waals surface area contributed by atoms with Crippen molar-refractivity contribution in [2.24, 2.45) is 5.73 Å². The summed E-state index contributed by atoms with van der Waals surface area (Å²) in [5, 5.41) is 36.7. The van der Waals surface area contributed by atoms with Gasteiger partial charge in [0.15, 0.2) is 0 Å². The van der Waals surface area contributed by atoms with E-state index in [1.807, 2.05) is 0 Å². The molecule has 0 aromatic rings. The first-order chi connectivity index (χ1) is 7.11. The summed E-state index contributed by atoms with van der Waals surface area (Å²) < 4.78 is 5.34. The number of aliphatic hydroxyl groups is 4. The zero-order valence-electron chi connectivity index (χ0n) is 8.49. The average molecular weight is 221 g/mol. The lowest BCUT2D eigenvalue weighted by Gasteiger charge is -2.40. The molecule has 1 saturated heterocycles. The normalized spacial score (nSPS) is 41.8. The quantitative estimate of drug-likeness (QED) is 0.360. The summed E-state index contributed by atoms with van der Waals surface area (Å²) in [7, 11) is 0. The minimum Gasteiger partial charge on any atom is -0.396 e. The highest BCUT2D eigenvalue weighted by atomic mass is 16.5. The van der Waals surface area contributed by atoms with Crippen molar-refractivity contribution in [2.45, 2.75) is 43.3 Å². The first kappa shape index (κ1) is 12.8. The van der Waals surface area contributed by atoms with Crippen molar-refractivity contribution >= 4 is 0 Å². The van der Waals surface area contributed by atoms with Crippen LogP contribution in [0.5, 0.6) is 0 Å². The van der Waals surface area contributed by atoms with Crippen LogP contribution in [-0.2, 0) is 4.74 Å². The van der Waals surface area contributed by atoms with E-state index >= 15 is 0 Å². The summed E-state index contributed by atoms with van der Waals surface area (Å²) in [5.41, 5.74) is 5.67. The van der Waals surface area contributed by atoms with Crippen LogP contribution in [0.2, 0.25) is 0 Å². The van der Waals surface area contributed by atoms with Crippen molar-refractivity contribution in [3.05, 3.63) is 0 Å². The van der Waals surface area contributed by atoms with E-state index in [4.69, 9.17) is 20.7 Å². The molecule has 6 N–H and O–H groups in total. The van der Waals surface area contributed by atoms with Crippen molar-refractivity contribution in [1.82, 2.24) is 0 Å². The summed E-state index contributed by atoms with van der Waals surface area (Å²) in [6.45, 7) is -0.338. The van der Waals surface area contributed by atoms with E-state index in [1.54, 1.807) is 0 Å². The third kappa shape index (κ3) is 2.87. The molecule has 0 spiro atoms. The maximum Gasteiger partial charge on any atom is 0.110 e. The SMILES string of the molecule is NC1C(O)[C@@H](O)C(CO)O[C@H]1CCCO. The molecule has 0 aromatic heterocycles. The van der Waals surface area contributed by atoms with Gasteiger partial charge in [-0.2, -0.15) is 0 Å². The van der Waals surface area contributed by atoms with Gasteiger partial charge in [0.25, 0.3) is 0 Å². The molecule has 0 amide bonds. The first-order valence-electron chi connectivity index (χ1n) is 5.10. The van der Waals surface area contributed by atoms with E-state index in [0.717, 1.165) is 0 Å². The van der Waals surface area contributed by atoms with Gasteiger partial charge in [-0.1, -0.05) is 0 Å². The maximum atomic E-state index is 9.59. The summed E-state index contributed by atoms with van der Waals surface area (Å²) in [6, 6.07) is -0.686.